The number of nitrogens with two attached hydrogens (primary N) is 1. The fourth-order valence-corrected chi connectivity index (χ4v) is 4.17. The summed E-state index contributed by atoms with van der Waals surface area (Å²) in [6, 6.07) is 2.29. The molecule has 0 aliphatic heterocycles. The van der Waals surface area contributed by atoms with E-state index in [-0.39, 0.29) is 35.9 Å². The molecule has 3 aliphatic carbocycles. The Morgan fingerprint density at radius 3 is 2.31 bits per heavy atom. The van der Waals surface area contributed by atoms with Crippen LogP contribution in [0.25, 0.3) is 0 Å². The summed E-state index contributed by atoms with van der Waals surface area (Å²) in [4.78, 5) is 24.6. The molecular formula is C19H28N4O3. The number of nitrogens with zero attached hydrogens (tertiary/aromatic N) is 1. The molecule has 1 aromatic rings. The Bertz CT molecular complexity index is 661. The van der Waals surface area contributed by atoms with Gasteiger partial charge in [-0.2, -0.15) is 0 Å². The van der Waals surface area contributed by atoms with Crippen LogP contribution in [0.1, 0.15) is 80.0 Å². The molecule has 26 heavy (non-hydrogen) atoms. The second kappa shape index (κ2) is 7.39. The van der Waals surface area contributed by atoms with Gasteiger partial charge >= 0.3 is 0 Å². The lowest BCUT2D eigenvalue weighted by Crippen LogP contribution is -2.45. The molecule has 1 heterocycles. The van der Waals surface area contributed by atoms with E-state index in [1.165, 1.54) is 0 Å². The summed E-state index contributed by atoms with van der Waals surface area (Å²) in [5, 5.41) is 10.1. The summed E-state index contributed by atoms with van der Waals surface area (Å²) in [6.07, 6.45) is 8.42. The zero-order valence-corrected chi connectivity index (χ0v) is 15.1. The highest BCUT2D eigenvalue weighted by molar-refractivity contribution is 5.92. The molecule has 3 aliphatic rings. The van der Waals surface area contributed by atoms with Crippen molar-refractivity contribution in [3.05, 3.63) is 17.5 Å². The van der Waals surface area contributed by atoms with Gasteiger partial charge in [-0.05, 0) is 57.8 Å². The molecule has 0 aromatic carbocycles. The predicted octanol–water partition coefficient (Wildman–Crippen LogP) is 1.84. The Balaban J connectivity index is 1.20. The minimum Gasteiger partial charge on any atom is -0.360 e. The van der Waals surface area contributed by atoms with Gasteiger partial charge in [0.05, 0.1) is 0 Å². The molecule has 2 amide bonds. The van der Waals surface area contributed by atoms with Crippen molar-refractivity contribution < 1.29 is 14.1 Å². The minimum absolute atomic E-state index is 0.0789. The number of nitrogens with one attached hydrogen (secondary N) is 2. The summed E-state index contributed by atoms with van der Waals surface area (Å²) in [6.45, 7) is 0. The molecular weight excluding hydrogens is 332 g/mol. The van der Waals surface area contributed by atoms with E-state index in [1.807, 2.05) is 0 Å². The fraction of sp³-hybridized carbons (Fsp3) is 0.737. The van der Waals surface area contributed by atoms with Crippen molar-refractivity contribution in [2.75, 3.05) is 0 Å². The number of hydrogen-bond acceptors (Lipinski definition) is 5. The van der Waals surface area contributed by atoms with Gasteiger partial charge in [-0.3, -0.25) is 9.59 Å². The normalized spacial score (nSPS) is 31.6. The molecule has 4 N–H and O–H groups in total. The molecule has 4 rings (SSSR count). The molecule has 7 nitrogen and oxygen atoms in total. The second-order valence-electron chi connectivity index (χ2n) is 8.19. The molecule has 2 atom stereocenters. The highest BCUT2D eigenvalue weighted by Crippen LogP contribution is 2.40. The highest BCUT2D eigenvalue weighted by atomic mass is 16.5. The molecule has 0 unspecified atom stereocenters. The predicted molar refractivity (Wildman–Crippen MR) is 95.4 cm³/mol. The first-order valence-corrected chi connectivity index (χ1v) is 9.92. The van der Waals surface area contributed by atoms with Gasteiger partial charge < -0.3 is 20.9 Å². The largest absolute Gasteiger partial charge is 0.360 e. The van der Waals surface area contributed by atoms with E-state index >= 15 is 0 Å². The van der Waals surface area contributed by atoms with E-state index in [2.05, 4.69) is 15.8 Å². The van der Waals surface area contributed by atoms with Crippen LogP contribution in [0.4, 0.5) is 0 Å². The zero-order valence-electron chi connectivity index (χ0n) is 15.1. The minimum atomic E-state index is -0.159. The fourth-order valence-electron chi connectivity index (χ4n) is 4.17. The van der Waals surface area contributed by atoms with Crippen molar-refractivity contribution in [1.82, 2.24) is 15.8 Å². The number of hydrogen-bond donors (Lipinski definition) is 3. The van der Waals surface area contributed by atoms with E-state index in [9.17, 15) is 9.59 Å². The Hall–Kier alpha value is -1.89. The van der Waals surface area contributed by atoms with E-state index in [0.717, 1.165) is 63.5 Å². The molecule has 0 spiro atoms. The van der Waals surface area contributed by atoms with E-state index in [1.54, 1.807) is 6.07 Å². The quantitative estimate of drug-likeness (QED) is 0.742. The monoisotopic (exact) mass is 360 g/mol. The van der Waals surface area contributed by atoms with Crippen LogP contribution in [0.3, 0.4) is 0 Å². The SMILES string of the molecule is N[C@H]1CC[C@H](C(=O)NC2CCC(NC(=O)c3cc(C4CC4)on3)CC2)C1. The van der Waals surface area contributed by atoms with E-state index < -0.39 is 0 Å². The van der Waals surface area contributed by atoms with Gasteiger partial charge in [-0.15, -0.1) is 0 Å². The van der Waals surface area contributed by atoms with E-state index in [4.69, 9.17) is 10.3 Å². The van der Waals surface area contributed by atoms with Gasteiger partial charge in [0.2, 0.25) is 5.91 Å². The number of amides is 2. The maximum atomic E-state index is 12.3. The van der Waals surface area contributed by atoms with Crippen LogP contribution < -0.4 is 16.4 Å². The van der Waals surface area contributed by atoms with Crippen molar-refractivity contribution in [3.63, 3.8) is 0 Å². The van der Waals surface area contributed by atoms with Crippen molar-refractivity contribution in [2.45, 2.75) is 81.8 Å². The lowest BCUT2D eigenvalue weighted by Gasteiger charge is -2.30. The number of aromatic nitrogens is 1. The molecule has 0 bridgehead atoms. The Kier molecular flexibility index (Phi) is 4.98. The van der Waals surface area contributed by atoms with Gasteiger partial charge in [0.25, 0.3) is 5.91 Å². The van der Waals surface area contributed by atoms with Gasteiger partial charge in [0, 0.05) is 36.0 Å². The summed E-state index contributed by atoms with van der Waals surface area (Å²) in [5.74, 6) is 1.36. The Labute approximate surface area is 153 Å². The first-order valence-electron chi connectivity index (χ1n) is 9.92. The maximum Gasteiger partial charge on any atom is 0.273 e. The van der Waals surface area contributed by atoms with Gasteiger partial charge in [-0.1, -0.05) is 5.16 Å². The third kappa shape index (κ3) is 4.09. The average Bonchev–Trinajstić information content (AvgIpc) is 3.19. The van der Waals surface area contributed by atoms with Crippen LogP contribution >= 0.6 is 0 Å². The van der Waals surface area contributed by atoms with Crippen LogP contribution in [0.2, 0.25) is 0 Å². The first-order chi connectivity index (χ1) is 12.6. The average molecular weight is 360 g/mol. The molecule has 3 fully saturated rings. The second-order valence-corrected chi connectivity index (χ2v) is 8.19. The van der Waals surface area contributed by atoms with Crippen molar-refractivity contribution >= 4 is 11.8 Å². The molecule has 0 saturated heterocycles. The molecule has 1 aromatic heterocycles. The van der Waals surface area contributed by atoms with Crippen molar-refractivity contribution in [2.24, 2.45) is 11.7 Å². The van der Waals surface area contributed by atoms with E-state index in [0.29, 0.717) is 11.6 Å². The Morgan fingerprint density at radius 2 is 1.69 bits per heavy atom. The maximum absolute atomic E-state index is 12.3. The standard InChI is InChI=1S/C19H28N4O3/c20-13-4-3-12(9-13)18(24)21-14-5-7-15(8-6-14)22-19(25)16-10-17(26-23-16)11-1-2-11/h10-15H,1-9,20H2,(H,21,24)(H,22,25)/t12-,13-,14?,15?/m0/s1. The number of carbonyl (C=O) groups is 2. The third-order valence-electron chi connectivity index (χ3n) is 5.99. The van der Waals surface area contributed by atoms with Crippen molar-refractivity contribution in [3.8, 4) is 0 Å². The molecule has 142 valence electrons. The molecule has 0 radical (unpaired) electrons. The summed E-state index contributed by atoms with van der Waals surface area (Å²) >= 11 is 0. The number of rotatable bonds is 5. The van der Waals surface area contributed by atoms with Crippen LogP contribution in [-0.4, -0.2) is 35.1 Å². The summed E-state index contributed by atoms with van der Waals surface area (Å²) in [5.41, 5.74) is 6.27. The summed E-state index contributed by atoms with van der Waals surface area (Å²) in [7, 11) is 0. The third-order valence-corrected chi connectivity index (χ3v) is 5.99. The highest BCUT2D eigenvalue weighted by Gasteiger charge is 2.32. The van der Waals surface area contributed by atoms with Gasteiger partial charge in [-0.25, -0.2) is 0 Å². The topological polar surface area (TPSA) is 110 Å². The van der Waals surface area contributed by atoms with Crippen molar-refractivity contribution in [1.29, 1.82) is 0 Å². The van der Waals surface area contributed by atoms with Gasteiger partial charge in [0.1, 0.15) is 5.76 Å². The van der Waals surface area contributed by atoms with Crippen LogP contribution in [0.15, 0.2) is 10.6 Å². The first kappa shape index (κ1) is 17.5. The lowest BCUT2D eigenvalue weighted by atomic mass is 9.90. The lowest BCUT2D eigenvalue weighted by molar-refractivity contribution is -0.125. The van der Waals surface area contributed by atoms with Crippen LogP contribution in [0, 0.1) is 5.92 Å². The van der Waals surface area contributed by atoms with Gasteiger partial charge in [0.15, 0.2) is 5.69 Å². The zero-order chi connectivity index (χ0) is 18.1. The van der Waals surface area contributed by atoms with Crippen LogP contribution in [-0.2, 0) is 4.79 Å². The van der Waals surface area contributed by atoms with Crippen LogP contribution in [0.5, 0.6) is 0 Å². The number of carbonyl (C=O) groups excluding carboxylic acids is 2. The smallest absolute Gasteiger partial charge is 0.273 e. The Morgan fingerprint density at radius 1 is 1.00 bits per heavy atom. The summed E-state index contributed by atoms with van der Waals surface area (Å²) < 4.78 is 5.25. The molecule has 7 heteroatoms. The molecule has 3 saturated carbocycles.